The molecule has 1 aliphatic rings. The summed E-state index contributed by atoms with van der Waals surface area (Å²) in [6.07, 6.45) is 4.40. The Morgan fingerprint density at radius 1 is 1.56 bits per heavy atom. The summed E-state index contributed by atoms with van der Waals surface area (Å²) in [6.45, 7) is 5.42. The van der Waals surface area contributed by atoms with Gasteiger partial charge in [-0.25, -0.2) is 0 Å². The van der Waals surface area contributed by atoms with Crippen LogP contribution in [-0.4, -0.2) is 12.7 Å². The lowest BCUT2D eigenvalue weighted by Crippen LogP contribution is -2.22. The Morgan fingerprint density at radius 2 is 2.33 bits per heavy atom. The highest BCUT2D eigenvalue weighted by Gasteiger charge is 2.16. The molecule has 2 atom stereocenters. The molecule has 0 aliphatic carbocycles. The minimum Gasteiger partial charge on any atom is -0.378 e. The Balaban J connectivity index is 2.23. The predicted molar refractivity (Wildman–Crippen MR) is 38.4 cm³/mol. The van der Waals surface area contributed by atoms with E-state index in [1.54, 1.807) is 0 Å². The highest BCUT2D eigenvalue weighted by atomic mass is 16.5. The predicted octanol–water partition coefficient (Wildman–Crippen LogP) is 2.21. The van der Waals surface area contributed by atoms with E-state index in [-0.39, 0.29) is 0 Å². The van der Waals surface area contributed by atoms with E-state index in [2.05, 4.69) is 13.8 Å². The first-order chi connectivity index (χ1) is 4.33. The first kappa shape index (κ1) is 7.07. The Bertz CT molecular complexity index is 80.6. The van der Waals surface area contributed by atoms with Crippen LogP contribution in [0.4, 0.5) is 0 Å². The van der Waals surface area contributed by atoms with Gasteiger partial charge in [-0.05, 0) is 25.7 Å². The summed E-state index contributed by atoms with van der Waals surface area (Å²) in [5, 5.41) is 0. The summed E-state index contributed by atoms with van der Waals surface area (Å²) in [6, 6.07) is 0. The van der Waals surface area contributed by atoms with Crippen LogP contribution < -0.4 is 0 Å². The minimum atomic E-state index is 0.517. The lowest BCUT2D eigenvalue weighted by molar-refractivity contribution is 0.00195. The molecule has 0 bridgehead atoms. The average Bonchev–Trinajstić information content (AvgIpc) is 1.88. The molecule has 0 spiro atoms. The maximum absolute atomic E-state index is 5.41. The molecule has 1 fully saturated rings. The van der Waals surface area contributed by atoms with Crippen LogP contribution in [0.1, 0.15) is 33.1 Å². The standard InChI is InChI=1S/C8H16O/c1-3-8-4-5-9-7(2)6-8/h7-8H,3-6H2,1-2H3/t7-,8?/m1/s1. The van der Waals surface area contributed by atoms with Crippen LogP contribution in [0.15, 0.2) is 0 Å². The number of rotatable bonds is 1. The molecular weight excluding hydrogens is 112 g/mol. The molecule has 1 saturated heterocycles. The highest BCUT2D eigenvalue weighted by molar-refractivity contribution is 4.66. The summed E-state index contributed by atoms with van der Waals surface area (Å²) in [4.78, 5) is 0. The monoisotopic (exact) mass is 128 g/mol. The van der Waals surface area contributed by atoms with E-state index in [1.807, 2.05) is 0 Å². The Labute approximate surface area is 57.4 Å². The smallest absolute Gasteiger partial charge is 0.0549 e. The SMILES string of the molecule is CCC1CCO[C@H](C)C1. The van der Waals surface area contributed by atoms with Crippen LogP contribution in [0.3, 0.4) is 0 Å². The van der Waals surface area contributed by atoms with Crippen molar-refractivity contribution >= 4 is 0 Å². The van der Waals surface area contributed by atoms with Crippen molar-refractivity contribution in [3.05, 3.63) is 0 Å². The van der Waals surface area contributed by atoms with Crippen molar-refractivity contribution in [1.82, 2.24) is 0 Å². The zero-order chi connectivity index (χ0) is 6.69. The molecule has 0 radical (unpaired) electrons. The van der Waals surface area contributed by atoms with Gasteiger partial charge in [-0.3, -0.25) is 0 Å². The number of ether oxygens (including phenoxy) is 1. The second-order valence-corrected chi connectivity index (χ2v) is 2.98. The van der Waals surface area contributed by atoms with Crippen molar-refractivity contribution in [2.45, 2.75) is 39.2 Å². The fourth-order valence-corrected chi connectivity index (χ4v) is 1.46. The van der Waals surface area contributed by atoms with Gasteiger partial charge >= 0.3 is 0 Å². The third-order valence-electron chi connectivity index (χ3n) is 2.17. The molecule has 1 rings (SSSR count). The van der Waals surface area contributed by atoms with Crippen molar-refractivity contribution in [3.63, 3.8) is 0 Å². The molecule has 1 unspecified atom stereocenters. The molecule has 1 heterocycles. The quantitative estimate of drug-likeness (QED) is 0.526. The molecule has 1 aliphatic heterocycles. The van der Waals surface area contributed by atoms with Crippen molar-refractivity contribution in [1.29, 1.82) is 0 Å². The first-order valence-electron chi connectivity index (χ1n) is 3.94. The maximum Gasteiger partial charge on any atom is 0.0549 e. The third-order valence-corrected chi connectivity index (χ3v) is 2.17. The van der Waals surface area contributed by atoms with Gasteiger partial charge in [0.1, 0.15) is 0 Å². The van der Waals surface area contributed by atoms with Gasteiger partial charge in [0.15, 0.2) is 0 Å². The minimum absolute atomic E-state index is 0.517. The van der Waals surface area contributed by atoms with Crippen molar-refractivity contribution in [2.24, 2.45) is 5.92 Å². The summed E-state index contributed by atoms with van der Waals surface area (Å²) in [7, 11) is 0. The Hall–Kier alpha value is -0.0400. The van der Waals surface area contributed by atoms with Gasteiger partial charge in [0.25, 0.3) is 0 Å². The van der Waals surface area contributed by atoms with E-state index < -0.39 is 0 Å². The summed E-state index contributed by atoms with van der Waals surface area (Å²) >= 11 is 0. The second kappa shape index (κ2) is 3.21. The van der Waals surface area contributed by atoms with Crippen molar-refractivity contribution in [3.8, 4) is 0 Å². The third kappa shape index (κ3) is 1.98. The summed E-state index contributed by atoms with van der Waals surface area (Å²) < 4.78 is 5.41. The molecule has 54 valence electrons. The van der Waals surface area contributed by atoms with E-state index in [0.717, 1.165) is 12.5 Å². The fraction of sp³-hybridized carbons (Fsp3) is 1.00. The fourth-order valence-electron chi connectivity index (χ4n) is 1.46. The lowest BCUT2D eigenvalue weighted by Gasteiger charge is -2.25. The molecule has 0 aromatic heterocycles. The molecule has 1 nitrogen and oxygen atoms in total. The van der Waals surface area contributed by atoms with Gasteiger partial charge in [-0.2, -0.15) is 0 Å². The maximum atomic E-state index is 5.41. The topological polar surface area (TPSA) is 9.23 Å². The summed E-state index contributed by atoms with van der Waals surface area (Å²) in [5.41, 5.74) is 0. The van der Waals surface area contributed by atoms with Gasteiger partial charge in [0.2, 0.25) is 0 Å². The highest BCUT2D eigenvalue weighted by Crippen LogP contribution is 2.21. The Kier molecular flexibility index (Phi) is 2.52. The molecule has 0 saturated carbocycles. The van der Waals surface area contributed by atoms with E-state index in [1.165, 1.54) is 19.3 Å². The lowest BCUT2D eigenvalue weighted by atomic mass is 9.94. The van der Waals surface area contributed by atoms with Crippen LogP contribution in [0, 0.1) is 5.92 Å². The Morgan fingerprint density at radius 3 is 2.78 bits per heavy atom. The average molecular weight is 128 g/mol. The van der Waals surface area contributed by atoms with Gasteiger partial charge in [-0.1, -0.05) is 13.3 Å². The number of hydrogen-bond donors (Lipinski definition) is 0. The summed E-state index contributed by atoms with van der Waals surface area (Å²) in [5.74, 6) is 0.939. The van der Waals surface area contributed by atoms with Crippen molar-refractivity contribution in [2.75, 3.05) is 6.61 Å². The van der Waals surface area contributed by atoms with Gasteiger partial charge in [0.05, 0.1) is 6.10 Å². The molecule has 0 amide bonds. The van der Waals surface area contributed by atoms with E-state index in [9.17, 15) is 0 Å². The molecule has 0 N–H and O–H groups in total. The van der Waals surface area contributed by atoms with Crippen LogP contribution >= 0.6 is 0 Å². The zero-order valence-electron chi connectivity index (χ0n) is 6.39. The largest absolute Gasteiger partial charge is 0.378 e. The van der Waals surface area contributed by atoms with Crippen molar-refractivity contribution < 1.29 is 4.74 Å². The van der Waals surface area contributed by atoms with E-state index in [0.29, 0.717) is 6.10 Å². The van der Waals surface area contributed by atoms with E-state index in [4.69, 9.17) is 4.74 Å². The first-order valence-corrected chi connectivity index (χ1v) is 3.94. The van der Waals surface area contributed by atoms with Crippen LogP contribution in [0.25, 0.3) is 0 Å². The van der Waals surface area contributed by atoms with E-state index >= 15 is 0 Å². The van der Waals surface area contributed by atoms with Gasteiger partial charge in [0, 0.05) is 6.61 Å². The normalized spacial score (nSPS) is 36.7. The molecule has 9 heavy (non-hydrogen) atoms. The number of hydrogen-bond acceptors (Lipinski definition) is 1. The second-order valence-electron chi connectivity index (χ2n) is 2.98. The van der Waals surface area contributed by atoms with Gasteiger partial charge in [-0.15, -0.1) is 0 Å². The van der Waals surface area contributed by atoms with Crippen LogP contribution in [-0.2, 0) is 4.74 Å². The van der Waals surface area contributed by atoms with Crippen LogP contribution in [0.2, 0.25) is 0 Å². The molecule has 0 aromatic carbocycles. The molecular formula is C8H16O. The molecule has 0 aromatic rings. The molecule has 1 heteroatoms. The van der Waals surface area contributed by atoms with Gasteiger partial charge < -0.3 is 4.74 Å². The van der Waals surface area contributed by atoms with Crippen LogP contribution in [0.5, 0.6) is 0 Å². The zero-order valence-corrected chi connectivity index (χ0v) is 6.39.